The van der Waals surface area contributed by atoms with Crippen LogP contribution >= 0.6 is 0 Å². The maximum absolute atomic E-state index is 12.4. The summed E-state index contributed by atoms with van der Waals surface area (Å²) in [6.07, 6.45) is 5.06. The maximum Gasteiger partial charge on any atom is 0.321 e. The predicted molar refractivity (Wildman–Crippen MR) is 98.8 cm³/mol. The van der Waals surface area contributed by atoms with Crippen LogP contribution in [-0.4, -0.2) is 61.5 Å². The quantitative estimate of drug-likeness (QED) is 0.881. The van der Waals surface area contributed by atoms with E-state index in [9.17, 15) is 9.59 Å². The fourth-order valence-corrected chi connectivity index (χ4v) is 3.73. The number of carbonyl (C=O) groups excluding carboxylic acids is 2. The number of piperidine rings is 1. The molecule has 2 N–H and O–H groups in total. The van der Waals surface area contributed by atoms with Crippen LogP contribution in [0.3, 0.4) is 0 Å². The van der Waals surface area contributed by atoms with Crippen molar-refractivity contribution in [2.75, 3.05) is 45.1 Å². The fraction of sp³-hybridized carbons (Fsp3) is 0.579. The second-order valence-electron chi connectivity index (χ2n) is 7.05. The van der Waals surface area contributed by atoms with Crippen molar-refractivity contribution in [3.63, 3.8) is 0 Å². The molecule has 2 heterocycles. The Morgan fingerprint density at radius 1 is 1.08 bits per heavy atom. The largest absolute Gasteiger partial charge is 0.355 e. The summed E-state index contributed by atoms with van der Waals surface area (Å²) in [4.78, 5) is 28.4. The van der Waals surface area contributed by atoms with Gasteiger partial charge in [0.15, 0.2) is 0 Å². The molecule has 2 aliphatic heterocycles. The van der Waals surface area contributed by atoms with E-state index in [0.29, 0.717) is 11.5 Å². The third kappa shape index (κ3) is 4.72. The van der Waals surface area contributed by atoms with Gasteiger partial charge in [-0.25, -0.2) is 4.79 Å². The van der Waals surface area contributed by atoms with Gasteiger partial charge in [0.2, 0.25) is 0 Å². The topological polar surface area (TPSA) is 64.7 Å². The van der Waals surface area contributed by atoms with Crippen molar-refractivity contribution < 1.29 is 9.59 Å². The lowest BCUT2D eigenvalue weighted by Crippen LogP contribution is -2.37. The molecule has 25 heavy (non-hydrogen) atoms. The third-order valence-corrected chi connectivity index (χ3v) is 5.16. The summed E-state index contributed by atoms with van der Waals surface area (Å²) >= 11 is 0. The van der Waals surface area contributed by atoms with Crippen molar-refractivity contribution in [3.05, 3.63) is 29.8 Å². The fourth-order valence-electron chi connectivity index (χ4n) is 3.73. The van der Waals surface area contributed by atoms with Gasteiger partial charge in [0.1, 0.15) is 0 Å². The molecule has 1 atom stereocenters. The number of amides is 3. The molecule has 3 amide bonds. The van der Waals surface area contributed by atoms with E-state index in [2.05, 4.69) is 15.5 Å². The van der Waals surface area contributed by atoms with Crippen molar-refractivity contribution in [1.82, 2.24) is 15.1 Å². The summed E-state index contributed by atoms with van der Waals surface area (Å²) in [7, 11) is 1.60. The monoisotopic (exact) mass is 344 g/mol. The second kappa shape index (κ2) is 8.34. The van der Waals surface area contributed by atoms with Crippen LogP contribution in [0.1, 0.15) is 36.0 Å². The molecule has 1 aromatic rings. The van der Waals surface area contributed by atoms with Gasteiger partial charge >= 0.3 is 6.03 Å². The number of urea groups is 1. The highest BCUT2D eigenvalue weighted by Crippen LogP contribution is 2.21. The van der Waals surface area contributed by atoms with Crippen LogP contribution in [0.2, 0.25) is 0 Å². The molecule has 6 nitrogen and oxygen atoms in total. The SMILES string of the molecule is CNC(=O)c1ccc(NC(=O)N2CC[C@H](CN3CCCCC3)C2)cc1. The maximum atomic E-state index is 12.4. The van der Waals surface area contributed by atoms with Gasteiger partial charge in [0.05, 0.1) is 0 Å². The van der Waals surface area contributed by atoms with E-state index < -0.39 is 0 Å². The Balaban J connectivity index is 1.47. The summed E-state index contributed by atoms with van der Waals surface area (Å²) in [6, 6.07) is 6.93. The van der Waals surface area contributed by atoms with Crippen LogP contribution in [0.25, 0.3) is 0 Å². The second-order valence-corrected chi connectivity index (χ2v) is 7.05. The third-order valence-electron chi connectivity index (χ3n) is 5.16. The zero-order chi connectivity index (χ0) is 17.6. The lowest BCUT2D eigenvalue weighted by atomic mass is 10.1. The van der Waals surface area contributed by atoms with E-state index in [4.69, 9.17) is 0 Å². The number of nitrogens with one attached hydrogen (secondary N) is 2. The molecular formula is C19H28N4O2. The molecule has 136 valence electrons. The Hall–Kier alpha value is -2.08. The molecule has 6 heteroatoms. The number of carbonyl (C=O) groups is 2. The first-order valence-corrected chi connectivity index (χ1v) is 9.26. The average Bonchev–Trinajstić information content (AvgIpc) is 3.11. The predicted octanol–water partition coefficient (Wildman–Crippen LogP) is 2.39. The van der Waals surface area contributed by atoms with E-state index in [1.807, 2.05) is 4.90 Å². The Morgan fingerprint density at radius 3 is 2.48 bits per heavy atom. The van der Waals surface area contributed by atoms with Gasteiger partial charge in [-0.2, -0.15) is 0 Å². The van der Waals surface area contributed by atoms with Crippen LogP contribution in [-0.2, 0) is 0 Å². The normalized spacial score (nSPS) is 21.2. The molecule has 0 saturated carbocycles. The minimum Gasteiger partial charge on any atom is -0.355 e. The van der Waals surface area contributed by atoms with Crippen molar-refractivity contribution in [2.45, 2.75) is 25.7 Å². The number of hydrogen-bond donors (Lipinski definition) is 2. The first-order valence-electron chi connectivity index (χ1n) is 9.26. The highest BCUT2D eigenvalue weighted by atomic mass is 16.2. The van der Waals surface area contributed by atoms with Gasteiger partial charge in [-0.3, -0.25) is 4.79 Å². The molecule has 0 unspecified atom stereocenters. The van der Waals surface area contributed by atoms with E-state index in [1.54, 1.807) is 31.3 Å². The van der Waals surface area contributed by atoms with Crippen molar-refractivity contribution in [1.29, 1.82) is 0 Å². The van der Waals surface area contributed by atoms with Gasteiger partial charge in [-0.05, 0) is 62.5 Å². The van der Waals surface area contributed by atoms with Crippen molar-refractivity contribution in [2.24, 2.45) is 5.92 Å². The first kappa shape index (κ1) is 17.7. The van der Waals surface area contributed by atoms with Gasteiger partial charge in [0.25, 0.3) is 5.91 Å². The van der Waals surface area contributed by atoms with Crippen LogP contribution in [0, 0.1) is 5.92 Å². The molecule has 1 aromatic carbocycles. The number of nitrogens with zero attached hydrogens (tertiary/aromatic N) is 2. The zero-order valence-corrected chi connectivity index (χ0v) is 15.0. The highest BCUT2D eigenvalue weighted by Gasteiger charge is 2.28. The molecule has 0 bridgehead atoms. The molecule has 0 spiro atoms. The number of anilines is 1. The molecular weight excluding hydrogens is 316 g/mol. The number of benzene rings is 1. The Bertz CT molecular complexity index is 596. The Kier molecular flexibility index (Phi) is 5.91. The smallest absolute Gasteiger partial charge is 0.321 e. The van der Waals surface area contributed by atoms with Crippen LogP contribution < -0.4 is 10.6 Å². The molecule has 0 radical (unpaired) electrons. The number of hydrogen-bond acceptors (Lipinski definition) is 3. The van der Waals surface area contributed by atoms with E-state index >= 15 is 0 Å². The van der Waals surface area contributed by atoms with E-state index in [0.717, 1.165) is 31.7 Å². The number of rotatable bonds is 4. The molecule has 0 aliphatic carbocycles. The summed E-state index contributed by atoms with van der Waals surface area (Å²) in [5, 5.41) is 5.52. The lowest BCUT2D eigenvalue weighted by molar-refractivity contribution is 0.0963. The molecule has 2 aliphatic rings. The van der Waals surface area contributed by atoms with E-state index in [-0.39, 0.29) is 11.9 Å². The van der Waals surface area contributed by atoms with Gasteiger partial charge in [-0.1, -0.05) is 6.42 Å². The number of likely N-dealkylation sites (tertiary alicyclic amines) is 2. The van der Waals surface area contributed by atoms with Crippen molar-refractivity contribution >= 4 is 17.6 Å². The van der Waals surface area contributed by atoms with Gasteiger partial charge < -0.3 is 20.4 Å². The first-order chi connectivity index (χ1) is 12.2. The van der Waals surface area contributed by atoms with E-state index in [1.165, 1.54) is 32.4 Å². The molecule has 2 fully saturated rings. The Morgan fingerprint density at radius 2 is 1.80 bits per heavy atom. The van der Waals surface area contributed by atoms with Crippen molar-refractivity contribution in [3.8, 4) is 0 Å². The summed E-state index contributed by atoms with van der Waals surface area (Å²) in [5.74, 6) is 0.456. The minimum atomic E-state index is -0.127. The summed E-state index contributed by atoms with van der Waals surface area (Å²) in [6.45, 7) is 5.19. The van der Waals surface area contributed by atoms with Crippen LogP contribution in [0.15, 0.2) is 24.3 Å². The van der Waals surface area contributed by atoms with Crippen LogP contribution in [0.5, 0.6) is 0 Å². The average molecular weight is 344 g/mol. The summed E-state index contributed by atoms with van der Waals surface area (Å²) < 4.78 is 0. The highest BCUT2D eigenvalue weighted by molar-refractivity contribution is 5.95. The Labute approximate surface area is 149 Å². The zero-order valence-electron chi connectivity index (χ0n) is 15.0. The standard InChI is InChI=1S/C19H28N4O2/c1-20-18(24)16-5-7-17(8-6-16)21-19(25)23-12-9-15(14-23)13-22-10-3-2-4-11-22/h5-8,15H,2-4,9-14H2,1H3,(H,20,24)(H,21,25)/t15-/m1/s1. The molecule has 3 rings (SSSR count). The lowest BCUT2D eigenvalue weighted by Gasteiger charge is -2.29. The van der Waals surface area contributed by atoms with Crippen LogP contribution in [0.4, 0.5) is 10.5 Å². The summed E-state index contributed by atoms with van der Waals surface area (Å²) in [5.41, 5.74) is 1.31. The van der Waals surface area contributed by atoms with Gasteiger partial charge in [-0.15, -0.1) is 0 Å². The van der Waals surface area contributed by atoms with Gasteiger partial charge in [0, 0.05) is 37.9 Å². The molecule has 2 saturated heterocycles. The molecule has 0 aromatic heterocycles. The minimum absolute atomic E-state index is 0.0474.